The lowest BCUT2D eigenvalue weighted by atomic mass is 10.0. The third-order valence-corrected chi connectivity index (χ3v) is 2.52. The third-order valence-electron chi connectivity index (χ3n) is 2.52. The smallest absolute Gasteiger partial charge is 0.246 e. The van der Waals surface area contributed by atoms with Gasteiger partial charge in [0.1, 0.15) is 0 Å². The normalized spacial score (nSPS) is 28.3. The molecule has 0 aromatic carbocycles. The van der Waals surface area contributed by atoms with Gasteiger partial charge in [0.25, 0.3) is 0 Å². The minimum absolute atomic E-state index is 0.119. The maximum absolute atomic E-state index is 11.5. The lowest BCUT2D eigenvalue weighted by molar-refractivity contribution is -0.169. The van der Waals surface area contributed by atoms with Crippen LogP contribution >= 0.6 is 0 Å². The fourth-order valence-corrected chi connectivity index (χ4v) is 1.74. The molecule has 0 radical (unpaired) electrons. The van der Waals surface area contributed by atoms with Gasteiger partial charge in [-0.25, -0.2) is 5.06 Å². The topological polar surface area (TPSA) is 38.8 Å². The summed E-state index contributed by atoms with van der Waals surface area (Å²) in [5.74, 6) is 0.532. The van der Waals surface area contributed by atoms with Gasteiger partial charge in [0.15, 0.2) is 0 Å². The van der Waals surface area contributed by atoms with Gasteiger partial charge < -0.3 is 4.74 Å². The van der Waals surface area contributed by atoms with Gasteiger partial charge in [0, 0.05) is 19.6 Å². The fraction of sp³-hybridized carbons (Fsp3) is 0.889. The van der Waals surface area contributed by atoms with Gasteiger partial charge in [-0.3, -0.25) is 9.63 Å². The third kappa shape index (κ3) is 2.19. The molecular weight excluding hydrogens is 170 g/mol. The summed E-state index contributed by atoms with van der Waals surface area (Å²) in [5, 5.41) is 1.50. The van der Waals surface area contributed by atoms with Crippen molar-refractivity contribution in [2.75, 3.05) is 26.4 Å². The van der Waals surface area contributed by atoms with E-state index < -0.39 is 0 Å². The molecule has 2 aliphatic heterocycles. The molecule has 0 aromatic heterocycles. The number of ether oxygens (including phenoxy) is 1. The van der Waals surface area contributed by atoms with E-state index in [9.17, 15) is 4.79 Å². The molecule has 74 valence electrons. The van der Waals surface area contributed by atoms with Crippen molar-refractivity contribution in [3.05, 3.63) is 0 Å². The highest BCUT2D eigenvalue weighted by Gasteiger charge is 2.24. The number of rotatable bonds is 2. The number of amides is 1. The van der Waals surface area contributed by atoms with Gasteiger partial charge in [-0.1, -0.05) is 0 Å². The highest BCUT2D eigenvalue weighted by molar-refractivity contribution is 5.75. The number of hydroxylamine groups is 2. The average molecular weight is 185 g/mol. The SMILES string of the molecule is O=C(CC1CCOC1)N1CCCO1. The standard InChI is InChI=1S/C9H15NO3/c11-9(10-3-1-4-13-10)6-8-2-5-12-7-8/h8H,1-7H2. The van der Waals surface area contributed by atoms with Crippen LogP contribution in [-0.4, -0.2) is 37.3 Å². The zero-order valence-electron chi connectivity index (χ0n) is 7.70. The summed E-state index contributed by atoms with van der Waals surface area (Å²) in [6.07, 6.45) is 2.56. The number of carbonyl (C=O) groups is 1. The van der Waals surface area contributed by atoms with Crippen molar-refractivity contribution in [2.45, 2.75) is 19.3 Å². The number of hydrogen-bond acceptors (Lipinski definition) is 3. The van der Waals surface area contributed by atoms with Crippen molar-refractivity contribution in [1.29, 1.82) is 0 Å². The first-order valence-electron chi connectivity index (χ1n) is 4.87. The van der Waals surface area contributed by atoms with Gasteiger partial charge in [-0.05, 0) is 18.8 Å². The second kappa shape index (κ2) is 4.07. The molecular formula is C9H15NO3. The van der Waals surface area contributed by atoms with Crippen molar-refractivity contribution in [1.82, 2.24) is 5.06 Å². The van der Waals surface area contributed by atoms with Crippen LogP contribution in [0, 0.1) is 5.92 Å². The minimum atomic E-state index is 0.119. The summed E-state index contributed by atoms with van der Waals surface area (Å²) in [6.45, 7) is 2.98. The summed E-state index contributed by atoms with van der Waals surface area (Å²) in [4.78, 5) is 16.7. The first kappa shape index (κ1) is 8.97. The fourth-order valence-electron chi connectivity index (χ4n) is 1.74. The van der Waals surface area contributed by atoms with Crippen molar-refractivity contribution >= 4 is 5.91 Å². The highest BCUT2D eigenvalue weighted by atomic mass is 16.7. The van der Waals surface area contributed by atoms with Crippen LogP contribution < -0.4 is 0 Å². The minimum Gasteiger partial charge on any atom is -0.381 e. The molecule has 0 aromatic rings. The second-order valence-corrected chi connectivity index (χ2v) is 3.62. The van der Waals surface area contributed by atoms with E-state index in [0.717, 1.165) is 32.6 Å². The van der Waals surface area contributed by atoms with Crippen LogP contribution in [0.15, 0.2) is 0 Å². The Hall–Kier alpha value is -0.610. The molecule has 2 rings (SSSR count). The van der Waals surface area contributed by atoms with E-state index in [0.29, 0.717) is 18.9 Å². The van der Waals surface area contributed by atoms with Gasteiger partial charge in [-0.15, -0.1) is 0 Å². The zero-order chi connectivity index (χ0) is 9.10. The molecule has 2 fully saturated rings. The molecule has 13 heavy (non-hydrogen) atoms. The molecule has 2 saturated heterocycles. The van der Waals surface area contributed by atoms with Crippen LogP contribution in [0.5, 0.6) is 0 Å². The molecule has 0 saturated carbocycles. The van der Waals surface area contributed by atoms with Gasteiger partial charge in [-0.2, -0.15) is 0 Å². The van der Waals surface area contributed by atoms with E-state index in [4.69, 9.17) is 9.57 Å². The summed E-state index contributed by atoms with van der Waals surface area (Å²) in [7, 11) is 0. The van der Waals surface area contributed by atoms with Crippen molar-refractivity contribution in [3.63, 3.8) is 0 Å². The average Bonchev–Trinajstić information content (AvgIpc) is 2.74. The van der Waals surface area contributed by atoms with E-state index in [1.807, 2.05) is 0 Å². The molecule has 4 nitrogen and oxygen atoms in total. The maximum Gasteiger partial charge on any atom is 0.246 e. The first-order chi connectivity index (χ1) is 6.36. The van der Waals surface area contributed by atoms with E-state index in [1.54, 1.807) is 0 Å². The molecule has 0 aliphatic carbocycles. The van der Waals surface area contributed by atoms with Crippen LogP contribution in [0.3, 0.4) is 0 Å². The summed E-state index contributed by atoms with van der Waals surface area (Å²) < 4.78 is 5.21. The Labute approximate surface area is 77.7 Å². The largest absolute Gasteiger partial charge is 0.381 e. The Balaban J connectivity index is 1.76. The quantitative estimate of drug-likeness (QED) is 0.631. The molecule has 0 N–H and O–H groups in total. The molecule has 2 aliphatic rings. The van der Waals surface area contributed by atoms with E-state index in [-0.39, 0.29) is 5.91 Å². The Morgan fingerprint density at radius 3 is 3.00 bits per heavy atom. The van der Waals surface area contributed by atoms with Crippen molar-refractivity contribution in [3.8, 4) is 0 Å². The molecule has 4 heteroatoms. The second-order valence-electron chi connectivity index (χ2n) is 3.62. The van der Waals surface area contributed by atoms with Crippen LogP contribution in [0.2, 0.25) is 0 Å². The van der Waals surface area contributed by atoms with E-state index >= 15 is 0 Å². The van der Waals surface area contributed by atoms with Gasteiger partial charge in [0.2, 0.25) is 5.91 Å². The molecule has 1 unspecified atom stereocenters. The lowest BCUT2D eigenvalue weighted by Crippen LogP contribution is -2.28. The Morgan fingerprint density at radius 2 is 2.38 bits per heavy atom. The van der Waals surface area contributed by atoms with Crippen LogP contribution in [-0.2, 0) is 14.4 Å². The number of carbonyl (C=O) groups excluding carboxylic acids is 1. The predicted octanol–water partition coefficient (Wildman–Crippen LogP) is 0.577. The van der Waals surface area contributed by atoms with Crippen LogP contribution in [0.25, 0.3) is 0 Å². The summed E-state index contributed by atoms with van der Waals surface area (Å²) in [5.41, 5.74) is 0. The Bertz CT molecular complexity index is 183. The van der Waals surface area contributed by atoms with Gasteiger partial charge >= 0.3 is 0 Å². The predicted molar refractivity (Wildman–Crippen MR) is 45.8 cm³/mol. The zero-order valence-corrected chi connectivity index (χ0v) is 7.70. The summed E-state index contributed by atoms with van der Waals surface area (Å²) in [6, 6.07) is 0. The van der Waals surface area contributed by atoms with E-state index in [1.165, 1.54) is 5.06 Å². The first-order valence-corrected chi connectivity index (χ1v) is 4.87. The molecule has 0 spiro atoms. The monoisotopic (exact) mass is 185 g/mol. The Morgan fingerprint density at radius 1 is 1.46 bits per heavy atom. The summed E-state index contributed by atoms with van der Waals surface area (Å²) >= 11 is 0. The lowest BCUT2D eigenvalue weighted by Gasteiger charge is -2.15. The number of hydrogen-bond donors (Lipinski definition) is 0. The maximum atomic E-state index is 11.5. The molecule has 0 bridgehead atoms. The highest BCUT2D eigenvalue weighted by Crippen LogP contribution is 2.18. The molecule has 2 heterocycles. The van der Waals surface area contributed by atoms with Gasteiger partial charge in [0.05, 0.1) is 13.2 Å². The van der Waals surface area contributed by atoms with E-state index in [2.05, 4.69) is 0 Å². The molecule has 1 amide bonds. The van der Waals surface area contributed by atoms with Crippen molar-refractivity contribution in [2.24, 2.45) is 5.92 Å². The molecule has 1 atom stereocenters. The van der Waals surface area contributed by atoms with Crippen molar-refractivity contribution < 1.29 is 14.4 Å². The van der Waals surface area contributed by atoms with Crippen LogP contribution in [0.1, 0.15) is 19.3 Å². The Kier molecular flexibility index (Phi) is 2.80. The number of nitrogens with zero attached hydrogens (tertiary/aromatic N) is 1. The van der Waals surface area contributed by atoms with Crippen LogP contribution in [0.4, 0.5) is 0 Å².